The molecular weight excluding hydrogens is 340 g/mol. The van der Waals surface area contributed by atoms with Crippen molar-refractivity contribution in [3.8, 4) is 0 Å². The molecular formula is C19H24N8. The van der Waals surface area contributed by atoms with Crippen molar-refractivity contribution in [1.29, 1.82) is 0 Å². The summed E-state index contributed by atoms with van der Waals surface area (Å²) in [5.41, 5.74) is 1.84. The topological polar surface area (TPSA) is 75.3 Å². The second-order valence-corrected chi connectivity index (χ2v) is 7.47. The molecule has 0 aromatic carbocycles. The molecule has 2 aliphatic rings. The number of rotatable bonds is 3. The van der Waals surface area contributed by atoms with E-state index in [-0.39, 0.29) is 0 Å². The summed E-state index contributed by atoms with van der Waals surface area (Å²) < 4.78 is 1.95. The quantitative estimate of drug-likeness (QED) is 0.705. The molecule has 1 saturated carbocycles. The van der Waals surface area contributed by atoms with E-state index < -0.39 is 0 Å². The third-order valence-electron chi connectivity index (χ3n) is 5.63. The number of nitrogens with zero attached hydrogens (tertiary/aromatic N) is 8. The first kappa shape index (κ1) is 16.4. The Morgan fingerprint density at radius 1 is 0.926 bits per heavy atom. The molecule has 0 N–H and O–H groups in total. The molecule has 1 aliphatic carbocycles. The summed E-state index contributed by atoms with van der Waals surface area (Å²) in [5.74, 6) is 3.35. The highest BCUT2D eigenvalue weighted by Gasteiger charge is 2.26. The highest BCUT2D eigenvalue weighted by molar-refractivity contribution is 5.47. The van der Waals surface area contributed by atoms with Gasteiger partial charge < -0.3 is 9.80 Å². The van der Waals surface area contributed by atoms with E-state index in [1.807, 2.05) is 29.8 Å². The summed E-state index contributed by atoms with van der Waals surface area (Å²) in [6, 6.07) is 6.03. The average Bonchev–Trinajstić information content (AvgIpc) is 2.88. The van der Waals surface area contributed by atoms with Crippen LogP contribution in [0.15, 0.2) is 24.4 Å². The van der Waals surface area contributed by atoms with E-state index in [9.17, 15) is 0 Å². The molecule has 0 bridgehead atoms. The first-order chi connectivity index (χ1) is 13.3. The van der Waals surface area contributed by atoms with Crippen LogP contribution in [0.5, 0.6) is 0 Å². The Bertz CT molecular complexity index is 948. The fourth-order valence-electron chi connectivity index (χ4n) is 3.82. The number of fused-ring (bicyclic) bond motifs is 1. The minimum Gasteiger partial charge on any atom is -0.353 e. The van der Waals surface area contributed by atoms with Crippen LogP contribution in [0.2, 0.25) is 0 Å². The number of aryl methyl sites for hydroxylation is 1. The summed E-state index contributed by atoms with van der Waals surface area (Å²) >= 11 is 0. The van der Waals surface area contributed by atoms with Crippen molar-refractivity contribution in [2.75, 3.05) is 36.0 Å². The molecule has 1 saturated heterocycles. The van der Waals surface area contributed by atoms with Gasteiger partial charge in [-0.2, -0.15) is 4.52 Å². The second kappa shape index (κ2) is 6.75. The van der Waals surface area contributed by atoms with Crippen LogP contribution in [0.3, 0.4) is 0 Å². The lowest BCUT2D eigenvalue weighted by Gasteiger charge is -2.24. The van der Waals surface area contributed by atoms with Gasteiger partial charge in [-0.1, -0.05) is 6.42 Å². The Morgan fingerprint density at radius 3 is 2.59 bits per heavy atom. The molecule has 3 aromatic heterocycles. The zero-order valence-corrected chi connectivity index (χ0v) is 15.6. The van der Waals surface area contributed by atoms with Crippen molar-refractivity contribution in [1.82, 2.24) is 29.8 Å². The van der Waals surface area contributed by atoms with Gasteiger partial charge in [0.05, 0.1) is 0 Å². The average molecular weight is 364 g/mol. The number of hydrogen-bond acceptors (Lipinski definition) is 7. The molecule has 0 amide bonds. The maximum atomic E-state index is 4.88. The monoisotopic (exact) mass is 364 g/mol. The van der Waals surface area contributed by atoms with Crippen molar-refractivity contribution in [3.63, 3.8) is 0 Å². The molecule has 27 heavy (non-hydrogen) atoms. The zero-order valence-electron chi connectivity index (χ0n) is 15.6. The normalized spacial score (nSPS) is 18.6. The Kier molecular flexibility index (Phi) is 4.10. The highest BCUT2D eigenvalue weighted by atomic mass is 15.4. The second-order valence-electron chi connectivity index (χ2n) is 7.47. The highest BCUT2D eigenvalue weighted by Crippen LogP contribution is 2.35. The SMILES string of the molecule is Cc1ccnc(N2CCCN(c3ccc4nnc(C5CCC5)n4n3)CC2)n1. The molecule has 1 aliphatic heterocycles. The van der Waals surface area contributed by atoms with Crippen molar-refractivity contribution in [3.05, 3.63) is 35.9 Å². The molecule has 3 aromatic rings. The third-order valence-corrected chi connectivity index (χ3v) is 5.63. The van der Waals surface area contributed by atoms with Gasteiger partial charge in [-0.25, -0.2) is 9.97 Å². The van der Waals surface area contributed by atoms with E-state index in [1.165, 1.54) is 19.3 Å². The van der Waals surface area contributed by atoms with Gasteiger partial charge in [0.15, 0.2) is 11.5 Å². The summed E-state index contributed by atoms with van der Waals surface area (Å²) in [7, 11) is 0. The molecule has 8 nitrogen and oxygen atoms in total. The molecule has 0 spiro atoms. The summed E-state index contributed by atoms with van der Waals surface area (Å²) in [6.07, 6.45) is 6.56. The van der Waals surface area contributed by atoms with Crippen LogP contribution in [0.4, 0.5) is 11.8 Å². The zero-order chi connectivity index (χ0) is 18.2. The van der Waals surface area contributed by atoms with E-state index in [0.717, 1.165) is 61.5 Å². The lowest BCUT2D eigenvalue weighted by atomic mass is 9.85. The Labute approximate surface area is 158 Å². The number of hydrogen-bond donors (Lipinski definition) is 0. The molecule has 0 atom stereocenters. The lowest BCUT2D eigenvalue weighted by molar-refractivity contribution is 0.395. The van der Waals surface area contributed by atoms with Crippen LogP contribution >= 0.6 is 0 Å². The molecule has 5 rings (SSSR count). The fraction of sp³-hybridized carbons (Fsp3) is 0.526. The van der Waals surface area contributed by atoms with Crippen molar-refractivity contribution >= 4 is 17.4 Å². The van der Waals surface area contributed by atoms with E-state index in [1.54, 1.807) is 0 Å². The summed E-state index contributed by atoms with van der Waals surface area (Å²) in [4.78, 5) is 13.6. The maximum absolute atomic E-state index is 4.88. The molecule has 0 radical (unpaired) electrons. The number of aromatic nitrogens is 6. The van der Waals surface area contributed by atoms with Crippen LogP contribution in [0.1, 0.15) is 43.1 Å². The number of anilines is 2. The molecule has 140 valence electrons. The molecule has 4 heterocycles. The van der Waals surface area contributed by atoms with E-state index in [2.05, 4.69) is 36.0 Å². The van der Waals surface area contributed by atoms with E-state index >= 15 is 0 Å². The summed E-state index contributed by atoms with van der Waals surface area (Å²) in [6.45, 7) is 5.73. The minimum absolute atomic E-state index is 0.515. The third kappa shape index (κ3) is 3.09. The molecule has 8 heteroatoms. The van der Waals surface area contributed by atoms with Crippen molar-refractivity contribution in [2.45, 2.75) is 38.5 Å². The van der Waals surface area contributed by atoms with Crippen LogP contribution in [0.25, 0.3) is 5.65 Å². The predicted octanol–water partition coefficient (Wildman–Crippen LogP) is 2.21. The predicted molar refractivity (Wildman–Crippen MR) is 103 cm³/mol. The van der Waals surface area contributed by atoms with Crippen LogP contribution in [0, 0.1) is 6.92 Å². The van der Waals surface area contributed by atoms with Crippen molar-refractivity contribution < 1.29 is 0 Å². The first-order valence-corrected chi connectivity index (χ1v) is 9.80. The summed E-state index contributed by atoms with van der Waals surface area (Å²) in [5, 5.41) is 13.6. The maximum Gasteiger partial charge on any atom is 0.225 e. The van der Waals surface area contributed by atoms with Gasteiger partial charge in [-0.3, -0.25) is 0 Å². The van der Waals surface area contributed by atoms with Gasteiger partial charge >= 0.3 is 0 Å². The van der Waals surface area contributed by atoms with E-state index in [0.29, 0.717) is 5.92 Å². The van der Waals surface area contributed by atoms with Gasteiger partial charge in [0.25, 0.3) is 0 Å². The van der Waals surface area contributed by atoms with Crippen molar-refractivity contribution in [2.24, 2.45) is 0 Å². The van der Waals surface area contributed by atoms with E-state index in [4.69, 9.17) is 5.10 Å². The Balaban J connectivity index is 1.37. The lowest BCUT2D eigenvalue weighted by Crippen LogP contribution is -2.32. The van der Waals surface area contributed by atoms with Gasteiger partial charge in [-0.05, 0) is 44.4 Å². The fourth-order valence-corrected chi connectivity index (χ4v) is 3.82. The largest absolute Gasteiger partial charge is 0.353 e. The molecule has 0 unspecified atom stereocenters. The van der Waals surface area contributed by atoms with Gasteiger partial charge in [-0.15, -0.1) is 15.3 Å². The van der Waals surface area contributed by atoms with Gasteiger partial charge in [0, 0.05) is 44.0 Å². The van der Waals surface area contributed by atoms with Crippen LogP contribution in [-0.2, 0) is 0 Å². The van der Waals surface area contributed by atoms with Gasteiger partial charge in [0.1, 0.15) is 5.82 Å². The Hall–Kier alpha value is -2.77. The Morgan fingerprint density at radius 2 is 1.78 bits per heavy atom. The van der Waals surface area contributed by atoms with Crippen LogP contribution < -0.4 is 9.80 Å². The first-order valence-electron chi connectivity index (χ1n) is 9.80. The minimum atomic E-state index is 0.515. The van der Waals surface area contributed by atoms with Gasteiger partial charge in [0.2, 0.25) is 5.95 Å². The molecule has 2 fully saturated rings. The van der Waals surface area contributed by atoms with Crippen LogP contribution in [-0.4, -0.2) is 56.0 Å². The standard InChI is InChI=1S/C19H24N8/c1-14-8-9-20-19(21-14)26-11-3-10-25(12-13-26)17-7-6-16-22-23-18(27(16)24-17)15-4-2-5-15/h6-9,15H,2-5,10-13H2,1H3. The smallest absolute Gasteiger partial charge is 0.225 e.